The summed E-state index contributed by atoms with van der Waals surface area (Å²) in [4.78, 5) is 0. The van der Waals surface area contributed by atoms with Crippen molar-refractivity contribution in [2.24, 2.45) is 0 Å². The second-order valence-corrected chi connectivity index (χ2v) is 11.8. The first-order chi connectivity index (χ1) is 14.3. The molecule has 0 fully saturated rings. The van der Waals surface area contributed by atoms with E-state index in [-0.39, 0.29) is 6.29 Å². The molecular weight excluding hydrogens is 375 g/mol. The minimum atomic E-state index is -2.23. The van der Waals surface area contributed by atoms with Crippen LogP contribution in [-0.2, 0) is 9.47 Å². The molecule has 3 heteroatoms. The van der Waals surface area contributed by atoms with Crippen molar-refractivity contribution in [3.8, 4) is 11.8 Å². The van der Waals surface area contributed by atoms with Gasteiger partial charge in [-0.1, -0.05) is 0 Å². The molecule has 0 saturated heterocycles. The summed E-state index contributed by atoms with van der Waals surface area (Å²) in [6, 6.07) is 0. The fourth-order valence-corrected chi connectivity index (χ4v) is 10.2. The van der Waals surface area contributed by atoms with E-state index >= 15 is 0 Å². The van der Waals surface area contributed by atoms with Gasteiger partial charge in [0.25, 0.3) is 0 Å². The molecule has 0 saturated carbocycles. The third-order valence-corrected chi connectivity index (χ3v) is 11.5. The molecule has 29 heavy (non-hydrogen) atoms. The van der Waals surface area contributed by atoms with Crippen molar-refractivity contribution in [1.29, 1.82) is 0 Å². The summed E-state index contributed by atoms with van der Waals surface area (Å²) in [5, 5.41) is 3.06. The van der Waals surface area contributed by atoms with Crippen LogP contribution in [0.25, 0.3) is 0 Å². The second-order valence-electron chi connectivity index (χ2n) is 7.51. The number of hydrogen-bond donors (Lipinski definition) is 0. The molecule has 0 N–H and O–H groups in total. The molecule has 2 unspecified atom stereocenters. The van der Waals surface area contributed by atoms with Crippen LogP contribution in [0.1, 0.15) is 32.6 Å². The van der Waals surface area contributed by atoms with Gasteiger partial charge in [0.1, 0.15) is 0 Å². The Morgan fingerprint density at radius 2 is 2.10 bits per heavy atom. The number of hydrogen-bond acceptors (Lipinski definition) is 2. The number of rotatable bonds is 8. The number of ether oxygens (including phenoxy) is 2. The van der Waals surface area contributed by atoms with E-state index in [0.717, 1.165) is 31.8 Å². The molecule has 2 nitrogen and oxygen atoms in total. The van der Waals surface area contributed by atoms with E-state index in [1.807, 2.05) is 13.0 Å². The Labute approximate surface area is 176 Å². The van der Waals surface area contributed by atoms with Gasteiger partial charge in [0.2, 0.25) is 0 Å². The zero-order valence-corrected chi connectivity index (χ0v) is 18.6. The average molecular weight is 409 g/mol. The molecule has 2 atom stereocenters. The summed E-state index contributed by atoms with van der Waals surface area (Å²) in [7, 11) is -0.462. The summed E-state index contributed by atoms with van der Waals surface area (Å²) in [5.41, 5.74) is 0.379. The standard InChI is InChI=1S/C26H33O2P/c1-3-28-26(27-2)22-29(25-20-14-9-15-21-25,24-18-12-7-8-13-19-24)23-16-10-5-4-6-11-17-23/h4-5,7-10,12,14,16,18-20,23,26,29H,3,13,15,17,21-22H2,1-2H3/b5-4-,16-10+. The number of methoxy groups -OCH3 is 1. The molecule has 0 aromatic heterocycles. The van der Waals surface area contributed by atoms with Crippen molar-refractivity contribution >= 4 is 7.26 Å². The summed E-state index contributed by atoms with van der Waals surface area (Å²) in [6.07, 6.45) is 31.5. The van der Waals surface area contributed by atoms with E-state index in [1.165, 1.54) is 5.31 Å². The average Bonchev–Trinajstić information content (AvgIpc) is 3.02. The van der Waals surface area contributed by atoms with Crippen LogP contribution in [-0.4, -0.2) is 31.8 Å². The van der Waals surface area contributed by atoms with E-state index in [2.05, 4.69) is 78.7 Å². The molecule has 0 bridgehead atoms. The van der Waals surface area contributed by atoms with Gasteiger partial charge in [-0.2, -0.15) is 0 Å². The van der Waals surface area contributed by atoms with Gasteiger partial charge in [0, 0.05) is 0 Å². The van der Waals surface area contributed by atoms with Crippen LogP contribution < -0.4 is 0 Å². The molecule has 0 heterocycles. The molecule has 3 aliphatic carbocycles. The molecule has 154 valence electrons. The van der Waals surface area contributed by atoms with Gasteiger partial charge >= 0.3 is 177 Å². The van der Waals surface area contributed by atoms with Gasteiger partial charge in [0.15, 0.2) is 0 Å². The van der Waals surface area contributed by atoms with Crippen LogP contribution >= 0.6 is 7.26 Å². The fourth-order valence-electron chi connectivity index (χ4n) is 4.52. The Hall–Kier alpha value is -1.91. The van der Waals surface area contributed by atoms with Gasteiger partial charge in [-0.15, -0.1) is 0 Å². The molecule has 0 aliphatic heterocycles. The van der Waals surface area contributed by atoms with Crippen molar-refractivity contribution in [1.82, 2.24) is 0 Å². The Morgan fingerprint density at radius 3 is 2.90 bits per heavy atom. The predicted molar refractivity (Wildman–Crippen MR) is 128 cm³/mol. The van der Waals surface area contributed by atoms with E-state index in [4.69, 9.17) is 9.47 Å². The molecule has 0 aromatic rings. The molecule has 3 rings (SSSR count). The van der Waals surface area contributed by atoms with Gasteiger partial charge in [0.05, 0.1) is 0 Å². The van der Waals surface area contributed by atoms with Crippen molar-refractivity contribution < 1.29 is 9.47 Å². The first-order valence-corrected chi connectivity index (χ1v) is 13.0. The zero-order chi connectivity index (χ0) is 20.4. The normalized spacial score (nSPS) is 24.8. The molecule has 0 amide bonds. The van der Waals surface area contributed by atoms with E-state index < -0.39 is 7.26 Å². The van der Waals surface area contributed by atoms with Crippen molar-refractivity contribution in [2.45, 2.75) is 44.6 Å². The Bertz CT molecular complexity index is 829. The van der Waals surface area contributed by atoms with Crippen LogP contribution in [0.15, 0.2) is 83.5 Å². The monoisotopic (exact) mass is 408 g/mol. The maximum atomic E-state index is 6.03. The molecule has 0 radical (unpaired) electrons. The predicted octanol–water partition coefficient (Wildman–Crippen LogP) is 6.27. The van der Waals surface area contributed by atoms with E-state index in [9.17, 15) is 0 Å². The second kappa shape index (κ2) is 11.3. The first-order valence-electron chi connectivity index (χ1n) is 10.7. The van der Waals surface area contributed by atoms with Crippen LogP contribution in [0.2, 0.25) is 0 Å². The molecule has 3 aliphatic rings. The Morgan fingerprint density at radius 1 is 1.17 bits per heavy atom. The first kappa shape index (κ1) is 21.8. The van der Waals surface area contributed by atoms with Crippen LogP contribution in [0, 0.1) is 11.8 Å². The van der Waals surface area contributed by atoms with Gasteiger partial charge in [-0.3, -0.25) is 0 Å². The van der Waals surface area contributed by atoms with Gasteiger partial charge < -0.3 is 0 Å². The van der Waals surface area contributed by atoms with Crippen molar-refractivity contribution in [3.63, 3.8) is 0 Å². The topological polar surface area (TPSA) is 18.5 Å². The van der Waals surface area contributed by atoms with Gasteiger partial charge in [-0.25, -0.2) is 0 Å². The van der Waals surface area contributed by atoms with Gasteiger partial charge in [-0.05, 0) is 0 Å². The van der Waals surface area contributed by atoms with Crippen LogP contribution in [0.4, 0.5) is 0 Å². The van der Waals surface area contributed by atoms with Crippen molar-refractivity contribution in [2.75, 3.05) is 19.9 Å². The third-order valence-electron chi connectivity index (χ3n) is 5.89. The summed E-state index contributed by atoms with van der Waals surface area (Å²) in [5.74, 6) is 6.61. The fraction of sp³-hybridized carbons (Fsp3) is 0.385. The SMILES string of the molecule is CCOC(C[PH](C1=CCC=CC=C1)(C1=CC=CCC1)C1/C=C/C=C\C#CC1)OC. The quantitative estimate of drug-likeness (QED) is 0.268. The Kier molecular flexibility index (Phi) is 8.51. The number of allylic oxidation sites excluding steroid dienone is 14. The van der Waals surface area contributed by atoms with E-state index in [1.54, 1.807) is 12.4 Å². The van der Waals surface area contributed by atoms with Crippen molar-refractivity contribution in [3.05, 3.63) is 83.5 Å². The third kappa shape index (κ3) is 5.37. The summed E-state index contributed by atoms with van der Waals surface area (Å²) < 4.78 is 11.9. The summed E-state index contributed by atoms with van der Waals surface area (Å²) >= 11 is 0. The van der Waals surface area contributed by atoms with Crippen LogP contribution in [0.3, 0.4) is 0 Å². The molecule has 0 aromatic carbocycles. The van der Waals surface area contributed by atoms with E-state index in [0.29, 0.717) is 12.3 Å². The van der Waals surface area contributed by atoms with Crippen LogP contribution in [0.5, 0.6) is 0 Å². The Balaban J connectivity index is 2.17. The maximum absolute atomic E-state index is 6.03. The molecular formula is C26H33O2P. The zero-order valence-electron chi connectivity index (χ0n) is 17.6. The minimum absolute atomic E-state index is 0.202. The molecule has 0 spiro atoms. The summed E-state index contributed by atoms with van der Waals surface area (Å²) in [6.45, 7) is 2.69.